The number of carboxylic acid groups (broad SMARTS) is 1. The molecule has 0 aliphatic heterocycles. The SMILES string of the molecule is CC(NC(=O)OCc1ccccc1)c1cc(C(=O)OCC2c3ccccc3-c3ccc(C(=O)NN)cc32)c(C(=O)O)s1. The lowest BCUT2D eigenvalue weighted by atomic mass is 9.96. The van der Waals surface area contributed by atoms with Crippen LogP contribution in [0.4, 0.5) is 4.79 Å². The van der Waals surface area contributed by atoms with Crippen molar-refractivity contribution in [2.75, 3.05) is 6.61 Å². The van der Waals surface area contributed by atoms with Crippen molar-refractivity contribution in [3.05, 3.63) is 116 Å². The molecular weight excluding hydrogens is 558 g/mol. The first-order valence-corrected chi connectivity index (χ1v) is 13.8. The number of fused-ring (bicyclic) bond motifs is 3. The average Bonchev–Trinajstić information content (AvgIpc) is 3.59. The summed E-state index contributed by atoms with van der Waals surface area (Å²) in [6.45, 7) is 1.66. The van der Waals surface area contributed by atoms with E-state index >= 15 is 0 Å². The van der Waals surface area contributed by atoms with Gasteiger partial charge >= 0.3 is 18.0 Å². The van der Waals surface area contributed by atoms with Crippen LogP contribution in [0.25, 0.3) is 11.1 Å². The maximum Gasteiger partial charge on any atom is 0.407 e. The van der Waals surface area contributed by atoms with Gasteiger partial charge in [-0.3, -0.25) is 10.2 Å². The van der Waals surface area contributed by atoms with Gasteiger partial charge in [0, 0.05) is 16.4 Å². The molecule has 0 fully saturated rings. The van der Waals surface area contributed by atoms with Crippen molar-refractivity contribution in [1.29, 1.82) is 0 Å². The number of esters is 1. The van der Waals surface area contributed by atoms with E-state index in [1.54, 1.807) is 19.1 Å². The lowest BCUT2D eigenvalue weighted by molar-refractivity contribution is 0.0485. The first-order chi connectivity index (χ1) is 20.3. The minimum atomic E-state index is -1.29. The Morgan fingerprint density at radius 3 is 2.38 bits per heavy atom. The van der Waals surface area contributed by atoms with Crippen LogP contribution in [-0.2, 0) is 16.1 Å². The number of carbonyl (C=O) groups is 4. The van der Waals surface area contributed by atoms with Crippen LogP contribution in [0.3, 0.4) is 0 Å². The van der Waals surface area contributed by atoms with Crippen LogP contribution < -0.4 is 16.6 Å². The number of benzene rings is 3. The van der Waals surface area contributed by atoms with Crippen LogP contribution in [0.2, 0.25) is 0 Å². The molecule has 3 aromatic carbocycles. The molecule has 1 aliphatic carbocycles. The number of nitrogen functional groups attached to an aromatic ring is 1. The van der Waals surface area contributed by atoms with E-state index in [0.29, 0.717) is 10.4 Å². The first kappa shape index (κ1) is 28.5. The van der Waals surface area contributed by atoms with E-state index in [1.807, 2.05) is 60.7 Å². The highest BCUT2D eigenvalue weighted by atomic mass is 32.1. The van der Waals surface area contributed by atoms with E-state index in [9.17, 15) is 24.3 Å². The zero-order valence-electron chi connectivity index (χ0n) is 22.5. The Balaban J connectivity index is 1.31. The van der Waals surface area contributed by atoms with E-state index in [0.717, 1.165) is 39.2 Å². The van der Waals surface area contributed by atoms with Gasteiger partial charge in [0.15, 0.2) is 0 Å². The second-order valence-electron chi connectivity index (χ2n) is 9.64. The highest BCUT2D eigenvalue weighted by Crippen LogP contribution is 2.45. The van der Waals surface area contributed by atoms with Crippen molar-refractivity contribution in [1.82, 2.24) is 10.7 Å². The third kappa shape index (κ3) is 5.87. The van der Waals surface area contributed by atoms with Gasteiger partial charge in [-0.15, -0.1) is 11.3 Å². The molecule has 4 aromatic rings. The topological polar surface area (TPSA) is 157 Å². The minimum Gasteiger partial charge on any atom is -0.477 e. The minimum absolute atomic E-state index is 0.0770. The number of thiophene rings is 1. The Hall–Kier alpha value is -5.00. The molecule has 5 rings (SSSR count). The number of nitrogens with two attached hydrogens (primary N) is 1. The van der Waals surface area contributed by atoms with Gasteiger partial charge in [-0.2, -0.15) is 0 Å². The Bertz CT molecular complexity index is 1670. The summed E-state index contributed by atoms with van der Waals surface area (Å²) in [6.07, 6.45) is -0.679. The lowest BCUT2D eigenvalue weighted by Gasteiger charge is -2.15. The van der Waals surface area contributed by atoms with Gasteiger partial charge < -0.3 is 19.9 Å². The second-order valence-corrected chi connectivity index (χ2v) is 10.7. The molecule has 1 aliphatic rings. The fraction of sp³-hybridized carbons (Fsp3) is 0.161. The molecule has 0 radical (unpaired) electrons. The summed E-state index contributed by atoms with van der Waals surface area (Å²) < 4.78 is 10.9. The van der Waals surface area contributed by atoms with Gasteiger partial charge in [-0.25, -0.2) is 20.2 Å². The molecular formula is C31H27N3O7S. The number of carboxylic acids is 1. The smallest absolute Gasteiger partial charge is 0.407 e. The molecule has 2 atom stereocenters. The molecule has 214 valence electrons. The van der Waals surface area contributed by atoms with Crippen LogP contribution in [-0.4, -0.2) is 35.7 Å². The Kier molecular flexibility index (Phi) is 8.32. The van der Waals surface area contributed by atoms with Gasteiger partial charge in [0.2, 0.25) is 0 Å². The number of alkyl carbamates (subject to hydrolysis) is 1. The number of ether oxygens (including phenoxy) is 2. The van der Waals surface area contributed by atoms with Crippen molar-refractivity contribution in [2.24, 2.45) is 5.84 Å². The summed E-state index contributed by atoms with van der Waals surface area (Å²) in [4.78, 5) is 50.0. The summed E-state index contributed by atoms with van der Waals surface area (Å²) in [6, 6.07) is 22.8. The molecule has 0 saturated carbocycles. The summed E-state index contributed by atoms with van der Waals surface area (Å²) >= 11 is 0.876. The number of hydrogen-bond acceptors (Lipinski definition) is 8. The monoisotopic (exact) mass is 585 g/mol. The maximum absolute atomic E-state index is 13.2. The van der Waals surface area contributed by atoms with Crippen LogP contribution in [0.5, 0.6) is 0 Å². The summed E-state index contributed by atoms with van der Waals surface area (Å²) in [7, 11) is 0. The summed E-state index contributed by atoms with van der Waals surface area (Å²) in [5.41, 5.74) is 6.76. The fourth-order valence-corrected chi connectivity index (χ4v) is 5.89. The second kappa shape index (κ2) is 12.2. The average molecular weight is 586 g/mol. The van der Waals surface area contributed by atoms with Crippen molar-refractivity contribution in [3.63, 3.8) is 0 Å². The van der Waals surface area contributed by atoms with Gasteiger partial charge in [-0.1, -0.05) is 60.7 Å². The number of aromatic carboxylic acids is 1. The molecule has 10 nitrogen and oxygen atoms in total. The van der Waals surface area contributed by atoms with Crippen LogP contribution >= 0.6 is 11.3 Å². The van der Waals surface area contributed by atoms with E-state index in [2.05, 4.69) is 10.7 Å². The molecule has 0 bridgehead atoms. The zero-order valence-corrected chi connectivity index (χ0v) is 23.3. The Morgan fingerprint density at radius 2 is 1.64 bits per heavy atom. The van der Waals surface area contributed by atoms with Crippen LogP contribution in [0, 0.1) is 0 Å². The fourth-order valence-electron chi connectivity index (χ4n) is 4.90. The molecule has 5 N–H and O–H groups in total. The normalized spacial score (nSPS) is 13.8. The maximum atomic E-state index is 13.2. The van der Waals surface area contributed by atoms with E-state index in [-0.39, 0.29) is 29.6 Å². The van der Waals surface area contributed by atoms with Gasteiger partial charge in [0.1, 0.15) is 18.1 Å². The number of amides is 2. The Morgan fingerprint density at radius 1 is 0.929 bits per heavy atom. The molecule has 2 amide bonds. The highest BCUT2D eigenvalue weighted by molar-refractivity contribution is 7.14. The predicted octanol–water partition coefficient (Wildman–Crippen LogP) is 5.01. The largest absolute Gasteiger partial charge is 0.477 e. The quantitative estimate of drug-likeness (QED) is 0.0924. The third-order valence-corrected chi connectivity index (χ3v) is 8.27. The standard InChI is InChI=1S/C31H27N3O7S/c1-17(33-31(39)41-15-18-7-3-2-4-8-18)26-14-24(27(42-26)29(36)37)30(38)40-16-25-21-10-6-5-9-20(21)22-12-11-19(13-23(22)25)28(35)34-32/h2-14,17,25H,15-16,32H2,1H3,(H,33,39)(H,34,35)(H,36,37). The van der Waals surface area contributed by atoms with E-state index in [4.69, 9.17) is 15.3 Å². The van der Waals surface area contributed by atoms with Crippen molar-refractivity contribution in [2.45, 2.75) is 25.5 Å². The zero-order chi connectivity index (χ0) is 29.8. The number of carbonyl (C=O) groups excluding carboxylic acids is 3. The first-order valence-electron chi connectivity index (χ1n) is 13.0. The van der Waals surface area contributed by atoms with E-state index < -0.39 is 30.0 Å². The number of nitrogens with one attached hydrogen (secondary N) is 2. The van der Waals surface area contributed by atoms with Gasteiger partial charge in [0.05, 0.1) is 11.6 Å². The van der Waals surface area contributed by atoms with E-state index in [1.165, 1.54) is 6.07 Å². The van der Waals surface area contributed by atoms with Crippen molar-refractivity contribution in [3.8, 4) is 11.1 Å². The molecule has 1 aromatic heterocycles. The molecule has 1 heterocycles. The van der Waals surface area contributed by atoms with Crippen LogP contribution in [0.15, 0.2) is 78.9 Å². The molecule has 42 heavy (non-hydrogen) atoms. The highest BCUT2D eigenvalue weighted by Gasteiger charge is 2.32. The lowest BCUT2D eigenvalue weighted by Crippen LogP contribution is -2.30. The van der Waals surface area contributed by atoms with Gasteiger partial charge in [-0.05, 0) is 52.9 Å². The molecule has 2 unspecified atom stereocenters. The number of rotatable bonds is 9. The Labute approximate surface area is 245 Å². The summed E-state index contributed by atoms with van der Waals surface area (Å²) in [5, 5.41) is 12.5. The predicted molar refractivity (Wildman–Crippen MR) is 155 cm³/mol. The van der Waals surface area contributed by atoms with Crippen molar-refractivity contribution >= 4 is 35.3 Å². The summed E-state index contributed by atoms with van der Waals surface area (Å²) in [5.74, 6) is 2.39. The molecule has 0 spiro atoms. The van der Waals surface area contributed by atoms with Crippen LogP contribution in [0.1, 0.15) is 70.8 Å². The van der Waals surface area contributed by atoms with Crippen molar-refractivity contribution < 1.29 is 33.8 Å². The third-order valence-electron chi connectivity index (χ3n) is 6.97. The number of hydrazine groups is 1. The molecule has 0 saturated heterocycles. The number of hydrogen-bond donors (Lipinski definition) is 4. The van der Waals surface area contributed by atoms with Gasteiger partial charge in [0.25, 0.3) is 5.91 Å². The molecule has 11 heteroatoms.